The van der Waals surface area contributed by atoms with E-state index >= 15 is 4.39 Å². The predicted molar refractivity (Wildman–Crippen MR) is 137 cm³/mol. The van der Waals surface area contributed by atoms with Gasteiger partial charge in [-0.3, -0.25) is 0 Å². The third kappa shape index (κ3) is 3.92. The quantitative estimate of drug-likeness (QED) is 0.444. The predicted octanol–water partition coefficient (Wildman–Crippen LogP) is 1.07. The number of hydrogen-bond acceptors (Lipinski definition) is 4. The van der Waals surface area contributed by atoms with E-state index < -0.39 is 16.7 Å². The van der Waals surface area contributed by atoms with Crippen LogP contribution >= 0.6 is 0 Å². The molecular formula is C24H25B3FN3O2. The molecule has 5 nitrogen and oxygen atoms in total. The molecule has 1 saturated carbocycles. The second-order valence-electron chi connectivity index (χ2n) is 10.2. The molecule has 2 aromatic carbocycles. The fourth-order valence-corrected chi connectivity index (χ4v) is 4.32. The summed E-state index contributed by atoms with van der Waals surface area (Å²) in [6, 6.07) is 10.6. The number of nitrogens with zero attached hydrogens (tertiary/aromatic N) is 3. The number of halogens is 1. The zero-order valence-electron chi connectivity index (χ0n) is 19.5. The van der Waals surface area contributed by atoms with Crippen molar-refractivity contribution in [3.63, 3.8) is 0 Å². The highest BCUT2D eigenvalue weighted by atomic mass is 19.1. The topological polar surface area (TPSA) is 47.4 Å². The third-order valence-corrected chi connectivity index (χ3v) is 6.33. The van der Waals surface area contributed by atoms with E-state index in [1.54, 1.807) is 16.7 Å². The van der Waals surface area contributed by atoms with E-state index in [4.69, 9.17) is 4.74 Å². The molecule has 0 unspecified atom stereocenters. The molecule has 0 N–H and O–H groups in total. The summed E-state index contributed by atoms with van der Waals surface area (Å²) in [6.45, 7) is 3.23. The molecule has 1 aliphatic heterocycles. The monoisotopic (exact) mass is 439 g/mol. The smallest absolute Gasteiger partial charge is 0.348 e. The Hall–Kier alpha value is -3.14. The largest absolute Gasteiger partial charge is 0.490 e. The Labute approximate surface area is 195 Å². The van der Waals surface area contributed by atoms with Crippen LogP contribution < -0.4 is 15.3 Å². The lowest BCUT2D eigenvalue weighted by Crippen LogP contribution is -2.44. The van der Waals surface area contributed by atoms with E-state index in [-0.39, 0.29) is 5.41 Å². The molecule has 3 aromatic rings. The molecule has 9 heteroatoms. The molecule has 1 fully saturated rings. The van der Waals surface area contributed by atoms with Gasteiger partial charge in [0.1, 0.15) is 29.4 Å². The van der Waals surface area contributed by atoms with Crippen molar-refractivity contribution in [1.82, 2.24) is 9.55 Å². The molecule has 33 heavy (non-hydrogen) atoms. The maximum absolute atomic E-state index is 15.3. The van der Waals surface area contributed by atoms with Gasteiger partial charge < -0.3 is 14.2 Å². The van der Waals surface area contributed by atoms with Crippen LogP contribution in [0, 0.1) is 23.1 Å². The zero-order chi connectivity index (χ0) is 23.4. The number of benzene rings is 2. The van der Waals surface area contributed by atoms with Gasteiger partial charge in [0.25, 0.3) is 0 Å². The Balaban J connectivity index is 1.74. The minimum Gasteiger partial charge on any atom is -0.490 e. The van der Waals surface area contributed by atoms with Crippen LogP contribution in [-0.4, -0.2) is 46.2 Å². The van der Waals surface area contributed by atoms with Crippen molar-refractivity contribution in [3.05, 3.63) is 58.3 Å². The average molecular weight is 439 g/mol. The van der Waals surface area contributed by atoms with Gasteiger partial charge in [0.15, 0.2) is 11.6 Å². The molecule has 5 rings (SSSR count). The van der Waals surface area contributed by atoms with Crippen molar-refractivity contribution in [2.45, 2.75) is 31.4 Å². The average Bonchev–Trinajstić information content (AvgIpc) is 3.52. The summed E-state index contributed by atoms with van der Waals surface area (Å²) in [4.78, 5) is 19.5. The Kier molecular flexibility index (Phi) is 5.08. The number of para-hydroxylation sites is 1. The van der Waals surface area contributed by atoms with Crippen molar-refractivity contribution in [2.75, 3.05) is 18.1 Å². The van der Waals surface area contributed by atoms with Gasteiger partial charge in [-0.15, -0.1) is 0 Å². The lowest BCUT2D eigenvalue weighted by atomic mass is 9.49. The Morgan fingerprint density at radius 3 is 2.67 bits per heavy atom. The van der Waals surface area contributed by atoms with E-state index in [0.29, 0.717) is 42.0 Å². The molecule has 0 radical (unpaired) electrons. The van der Waals surface area contributed by atoms with Crippen molar-refractivity contribution in [2.24, 2.45) is 5.41 Å². The van der Waals surface area contributed by atoms with Crippen LogP contribution in [0.3, 0.4) is 0 Å². The van der Waals surface area contributed by atoms with Crippen molar-refractivity contribution in [1.29, 1.82) is 0 Å². The fraction of sp³-hybridized carbons (Fsp3) is 0.333. The molecule has 0 spiro atoms. The molecule has 0 atom stereocenters. The number of fused-ring (bicyclic) bond motifs is 2. The first-order valence-electron chi connectivity index (χ1n) is 11.5. The van der Waals surface area contributed by atoms with Crippen molar-refractivity contribution >= 4 is 45.9 Å². The van der Waals surface area contributed by atoms with Crippen LogP contribution in [0.15, 0.2) is 41.2 Å². The van der Waals surface area contributed by atoms with Gasteiger partial charge in [0.2, 0.25) is 0 Å². The molecule has 1 aliphatic carbocycles. The fourth-order valence-electron chi connectivity index (χ4n) is 4.32. The summed E-state index contributed by atoms with van der Waals surface area (Å²) in [5, 5.41) is -0.210. The molecule has 164 valence electrons. The van der Waals surface area contributed by atoms with Gasteiger partial charge in [-0.1, -0.05) is 24.0 Å². The number of ether oxygens (including phenoxy) is 1. The maximum Gasteiger partial charge on any atom is 0.348 e. The van der Waals surface area contributed by atoms with E-state index in [0.717, 1.165) is 24.1 Å². The van der Waals surface area contributed by atoms with E-state index in [2.05, 4.69) is 23.7 Å². The first kappa shape index (κ1) is 21.7. The summed E-state index contributed by atoms with van der Waals surface area (Å²) in [7, 11) is 5.75. The Morgan fingerprint density at radius 2 is 1.94 bits per heavy atom. The summed E-state index contributed by atoms with van der Waals surface area (Å²) in [6.07, 6.45) is 2.93. The second kappa shape index (κ2) is 7.72. The second-order valence-corrected chi connectivity index (χ2v) is 10.2. The summed E-state index contributed by atoms with van der Waals surface area (Å²) in [5.41, 5.74) is 1.78. The van der Waals surface area contributed by atoms with E-state index in [1.807, 2.05) is 46.6 Å². The first-order chi connectivity index (χ1) is 15.7. The Bertz CT molecular complexity index is 1380. The highest BCUT2D eigenvalue weighted by molar-refractivity contribution is 6.56. The maximum atomic E-state index is 15.3. The number of aromatic nitrogens is 2. The molecular weight excluding hydrogens is 414 g/mol. The van der Waals surface area contributed by atoms with E-state index in [9.17, 15) is 4.79 Å². The van der Waals surface area contributed by atoms with Gasteiger partial charge in [0, 0.05) is 12.0 Å². The zero-order valence-corrected chi connectivity index (χ0v) is 19.5. The molecule has 1 aromatic heterocycles. The third-order valence-electron chi connectivity index (χ3n) is 6.33. The van der Waals surface area contributed by atoms with Gasteiger partial charge in [-0.05, 0) is 55.7 Å². The van der Waals surface area contributed by atoms with Crippen LogP contribution in [0.2, 0.25) is 0 Å². The van der Waals surface area contributed by atoms with Crippen LogP contribution in [0.4, 0.5) is 15.9 Å². The molecule has 2 aliphatic rings. The standard InChI is InChI=1S/C24H25B3FN3O2/c1-23(11-12-23)10-9-15-5-2-8-18-20(15)33-14-4-13-30(18)21-19-16(28)6-3-7-17(19)31(22(32)29-21)24(25,26)27/h2-3,5-8H,4,11-14,25-27H2,1H3. The van der Waals surface area contributed by atoms with Crippen LogP contribution in [0.25, 0.3) is 10.9 Å². The van der Waals surface area contributed by atoms with Crippen molar-refractivity contribution in [3.8, 4) is 17.6 Å². The number of rotatable bonds is 2. The van der Waals surface area contributed by atoms with E-state index in [1.165, 1.54) is 6.07 Å². The lowest BCUT2D eigenvalue weighted by molar-refractivity contribution is 0.322. The van der Waals surface area contributed by atoms with Gasteiger partial charge in [-0.25, -0.2) is 9.18 Å². The van der Waals surface area contributed by atoms with Gasteiger partial charge in [-0.2, -0.15) is 4.98 Å². The minimum atomic E-state index is -0.545. The van der Waals surface area contributed by atoms with Crippen molar-refractivity contribution < 1.29 is 9.13 Å². The number of hydrogen-bond donors (Lipinski definition) is 0. The van der Waals surface area contributed by atoms with Gasteiger partial charge >= 0.3 is 5.69 Å². The van der Waals surface area contributed by atoms with Gasteiger partial charge in [0.05, 0.1) is 28.8 Å². The summed E-state index contributed by atoms with van der Waals surface area (Å²) in [5.74, 6) is 7.25. The molecule has 0 bridgehead atoms. The first-order valence-corrected chi connectivity index (χ1v) is 11.5. The van der Waals surface area contributed by atoms with Crippen LogP contribution in [-0.2, 0) is 5.24 Å². The normalized spacial score (nSPS) is 16.8. The summed E-state index contributed by atoms with van der Waals surface area (Å²) < 4.78 is 23.0. The molecule has 0 saturated heterocycles. The minimum absolute atomic E-state index is 0.0888. The number of anilines is 2. The highest BCUT2D eigenvalue weighted by Gasteiger charge is 2.35. The lowest BCUT2D eigenvalue weighted by Gasteiger charge is -2.29. The molecule has 2 heterocycles. The molecule has 0 amide bonds. The highest BCUT2D eigenvalue weighted by Crippen LogP contribution is 2.45. The summed E-state index contributed by atoms with van der Waals surface area (Å²) >= 11 is 0. The SMILES string of the molecule is BC(B)(B)n1c(=O)nc(N2CCCOc3c(C#CC4(C)CC4)cccc32)c2c(F)cccc21. The van der Waals surface area contributed by atoms with Crippen LogP contribution in [0.5, 0.6) is 5.75 Å². The van der Waals surface area contributed by atoms with Crippen LogP contribution in [0.1, 0.15) is 31.7 Å². The Morgan fingerprint density at radius 1 is 1.18 bits per heavy atom.